The van der Waals surface area contributed by atoms with Crippen molar-refractivity contribution < 1.29 is 8.42 Å². The lowest BCUT2D eigenvalue weighted by Gasteiger charge is -2.14. The van der Waals surface area contributed by atoms with E-state index in [9.17, 15) is 8.42 Å². The molecule has 1 heterocycles. The van der Waals surface area contributed by atoms with Crippen LogP contribution in [0.4, 0.5) is 0 Å². The lowest BCUT2D eigenvalue weighted by atomic mass is 10.1. The van der Waals surface area contributed by atoms with Crippen molar-refractivity contribution in [1.82, 2.24) is 9.62 Å². The predicted octanol–water partition coefficient (Wildman–Crippen LogP) is 2.83. The molecule has 1 N–H and O–H groups in total. The second-order valence-electron chi connectivity index (χ2n) is 4.97. The van der Waals surface area contributed by atoms with Gasteiger partial charge in [-0.25, -0.2) is 13.1 Å². The highest BCUT2D eigenvalue weighted by atomic mass is 79.9. The van der Waals surface area contributed by atoms with Crippen molar-refractivity contribution >= 4 is 41.9 Å². The molecule has 1 aromatic carbocycles. The smallest absolute Gasteiger partial charge is 0.241 e. The number of nitrogens with one attached hydrogen (secondary N) is 1. The highest BCUT2D eigenvalue weighted by Crippen LogP contribution is 2.26. The molecule has 1 atom stereocenters. The number of benzene rings is 1. The molecule has 1 fully saturated rings. The summed E-state index contributed by atoms with van der Waals surface area (Å²) in [6.45, 7) is 5.69. The molecule has 1 unspecified atom stereocenters. The highest BCUT2D eigenvalue weighted by Gasteiger charge is 2.24. The monoisotopic (exact) mass is 424 g/mol. The third kappa shape index (κ3) is 4.04. The zero-order valence-corrected chi connectivity index (χ0v) is 15.3. The third-order valence-corrected chi connectivity index (χ3v) is 6.47. The van der Waals surface area contributed by atoms with E-state index in [0.29, 0.717) is 16.9 Å². The van der Waals surface area contributed by atoms with Crippen LogP contribution >= 0.6 is 31.9 Å². The maximum absolute atomic E-state index is 12.3. The van der Waals surface area contributed by atoms with Crippen LogP contribution in [0.25, 0.3) is 0 Å². The summed E-state index contributed by atoms with van der Waals surface area (Å²) in [5.41, 5.74) is 0. The van der Waals surface area contributed by atoms with E-state index < -0.39 is 10.0 Å². The first kappa shape index (κ1) is 16.4. The summed E-state index contributed by atoms with van der Waals surface area (Å²) in [4.78, 5) is 2.62. The fourth-order valence-corrected chi connectivity index (χ4v) is 4.97. The van der Waals surface area contributed by atoms with E-state index in [2.05, 4.69) is 48.4 Å². The molecule has 20 heavy (non-hydrogen) atoms. The van der Waals surface area contributed by atoms with Crippen LogP contribution < -0.4 is 4.72 Å². The van der Waals surface area contributed by atoms with Crippen LogP contribution in [0.5, 0.6) is 0 Å². The van der Waals surface area contributed by atoms with Gasteiger partial charge in [-0.05, 0) is 59.6 Å². The fraction of sp³-hybridized carbons (Fsp3) is 0.538. The van der Waals surface area contributed by atoms with Crippen molar-refractivity contribution in [3.05, 3.63) is 27.1 Å². The van der Waals surface area contributed by atoms with E-state index in [1.54, 1.807) is 18.2 Å². The summed E-state index contributed by atoms with van der Waals surface area (Å²) < 4.78 is 28.7. The van der Waals surface area contributed by atoms with Crippen molar-refractivity contribution in [2.45, 2.75) is 18.2 Å². The Kier molecular flexibility index (Phi) is 5.64. The van der Waals surface area contributed by atoms with E-state index >= 15 is 0 Å². The van der Waals surface area contributed by atoms with Crippen molar-refractivity contribution in [1.29, 1.82) is 0 Å². The van der Waals surface area contributed by atoms with Gasteiger partial charge in [0, 0.05) is 22.0 Å². The number of hydrogen-bond acceptors (Lipinski definition) is 3. The standard InChI is InChI=1S/C13H18Br2N2O2S/c1-2-17-6-5-10(9-17)8-16-20(18,19)13-7-11(14)3-4-12(13)15/h3-4,7,10,16H,2,5-6,8-9H2,1H3. The highest BCUT2D eigenvalue weighted by molar-refractivity contribution is 9.11. The van der Waals surface area contributed by atoms with Gasteiger partial charge in [0.1, 0.15) is 0 Å². The van der Waals surface area contributed by atoms with Gasteiger partial charge in [0.05, 0.1) is 4.90 Å². The Morgan fingerprint density at radius 3 is 2.80 bits per heavy atom. The van der Waals surface area contributed by atoms with Gasteiger partial charge < -0.3 is 4.90 Å². The Hall–Kier alpha value is 0.0500. The molecule has 1 saturated heterocycles. The Bertz CT molecular complexity index is 578. The molecule has 112 valence electrons. The summed E-state index contributed by atoms with van der Waals surface area (Å²) in [5.74, 6) is 0.399. The molecular formula is C13H18Br2N2O2S. The summed E-state index contributed by atoms with van der Waals surface area (Å²) in [5, 5.41) is 0. The van der Waals surface area contributed by atoms with E-state index in [0.717, 1.165) is 30.5 Å². The van der Waals surface area contributed by atoms with Gasteiger partial charge in [-0.2, -0.15) is 0 Å². The maximum atomic E-state index is 12.3. The summed E-state index contributed by atoms with van der Waals surface area (Å²) in [7, 11) is -3.47. The van der Waals surface area contributed by atoms with E-state index in [4.69, 9.17) is 0 Å². The summed E-state index contributed by atoms with van der Waals surface area (Å²) in [6.07, 6.45) is 1.05. The first-order valence-electron chi connectivity index (χ1n) is 6.59. The van der Waals surface area contributed by atoms with Crippen molar-refractivity contribution in [2.24, 2.45) is 5.92 Å². The number of rotatable bonds is 5. The topological polar surface area (TPSA) is 49.4 Å². The van der Waals surface area contributed by atoms with Gasteiger partial charge in [-0.1, -0.05) is 22.9 Å². The van der Waals surface area contributed by atoms with Crippen LogP contribution in [-0.2, 0) is 10.0 Å². The van der Waals surface area contributed by atoms with Gasteiger partial charge >= 0.3 is 0 Å². The van der Waals surface area contributed by atoms with Crippen molar-refractivity contribution in [3.63, 3.8) is 0 Å². The SMILES string of the molecule is CCN1CCC(CNS(=O)(=O)c2cc(Br)ccc2Br)C1. The molecule has 0 bridgehead atoms. The molecule has 0 aliphatic carbocycles. The van der Waals surface area contributed by atoms with Gasteiger partial charge in [-0.3, -0.25) is 0 Å². The molecule has 0 saturated carbocycles. The molecular weight excluding hydrogens is 408 g/mol. The molecule has 1 aliphatic rings. The van der Waals surface area contributed by atoms with Crippen LogP contribution in [0, 0.1) is 5.92 Å². The Morgan fingerprint density at radius 1 is 1.40 bits per heavy atom. The van der Waals surface area contributed by atoms with Crippen LogP contribution in [0.15, 0.2) is 32.0 Å². The second kappa shape index (κ2) is 6.87. The molecule has 0 radical (unpaired) electrons. The molecule has 0 spiro atoms. The second-order valence-corrected chi connectivity index (χ2v) is 8.48. The number of nitrogens with zero attached hydrogens (tertiary/aromatic N) is 1. The van der Waals surface area contributed by atoms with E-state index in [1.807, 2.05) is 0 Å². The number of halogens is 2. The largest absolute Gasteiger partial charge is 0.303 e. The molecule has 4 nitrogen and oxygen atoms in total. The first-order valence-corrected chi connectivity index (χ1v) is 9.66. The molecule has 7 heteroatoms. The average molecular weight is 426 g/mol. The zero-order valence-electron chi connectivity index (χ0n) is 11.3. The summed E-state index contributed by atoms with van der Waals surface area (Å²) >= 11 is 6.60. The maximum Gasteiger partial charge on any atom is 0.241 e. The Balaban J connectivity index is 2.03. The van der Waals surface area contributed by atoms with Gasteiger partial charge in [0.25, 0.3) is 0 Å². The van der Waals surface area contributed by atoms with E-state index in [-0.39, 0.29) is 4.90 Å². The first-order chi connectivity index (χ1) is 9.42. The number of likely N-dealkylation sites (tertiary alicyclic amines) is 1. The predicted molar refractivity (Wildman–Crippen MR) is 87.3 cm³/mol. The minimum Gasteiger partial charge on any atom is -0.303 e. The normalized spacial score (nSPS) is 20.4. The molecule has 0 aromatic heterocycles. The minimum atomic E-state index is -3.47. The van der Waals surface area contributed by atoms with Gasteiger partial charge in [0.15, 0.2) is 0 Å². The van der Waals surface area contributed by atoms with Crippen LogP contribution in [0.1, 0.15) is 13.3 Å². The summed E-state index contributed by atoms with van der Waals surface area (Å²) in [6, 6.07) is 5.14. The van der Waals surface area contributed by atoms with Crippen LogP contribution in [-0.4, -0.2) is 39.5 Å². The quantitative estimate of drug-likeness (QED) is 0.788. The molecule has 2 rings (SSSR count). The fourth-order valence-electron chi connectivity index (χ4n) is 2.36. The Morgan fingerprint density at radius 2 is 2.15 bits per heavy atom. The minimum absolute atomic E-state index is 0.275. The lowest BCUT2D eigenvalue weighted by molar-refractivity contribution is 0.342. The van der Waals surface area contributed by atoms with Gasteiger partial charge in [-0.15, -0.1) is 0 Å². The lowest BCUT2D eigenvalue weighted by Crippen LogP contribution is -2.31. The number of hydrogen-bond donors (Lipinski definition) is 1. The van der Waals surface area contributed by atoms with Crippen LogP contribution in [0.2, 0.25) is 0 Å². The average Bonchev–Trinajstić information content (AvgIpc) is 2.87. The van der Waals surface area contributed by atoms with E-state index in [1.165, 1.54) is 0 Å². The third-order valence-electron chi connectivity index (χ3n) is 3.56. The Labute approximate surface area is 137 Å². The number of sulfonamides is 1. The van der Waals surface area contributed by atoms with Gasteiger partial charge in [0.2, 0.25) is 10.0 Å². The molecule has 1 aliphatic heterocycles. The van der Waals surface area contributed by atoms with Crippen molar-refractivity contribution in [3.8, 4) is 0 Å². The molecule has 1 aromatic rings. The zero-order chi connectivity index (χ0) is 14.8. The van der Waals surface area contributed by atoms with Crippen molar-refractivity contribution in [2.75, 3.05) is 26.2 Å². The molecule has 0 amide bonds. The van der Waals surface area contributed by atoms with Crippen LogP contribution in [0.3, 0.4) is 0 Å².